The van der Waals surface area contributed by atoms with E-state index in [0.29, 0.717) is 5.69 Å². The molecule has 1 unspecified atom stereocenters. The van der Waals surface area contributed by atoms with Gasteiger partial charge in [0.15, 0.2) is 0 Å². The number of amides is 1. The summed E-state index contributed by atoms with van der Waals surface area (Å²) in [6.07, 6.45) is 4.88. The molecule has 4 rings (SSSR count). The maximum Gasteiger partial charge on any atom is 0.272 e. The third kappa shape index (κ3) is 3.73. The molecule has 142 valence electrons. The number of hydrogen-bond acceptors (Lipinski definition) is 5. The van der Waals surface area contributed by atoms with Crippen molar-refractivity contribution >= 4 is 5.91 Å². The summed E-state index contributed by atoms with van der Waals surface area (Å²) in [5.41, 5.74) is 1.87. The van der Waals surface area contributed by atoms with Crippen molar-refractivity contribution in [2.45, 2.75) is 19.4 Å². The minimum absolute atomic E-state index is 0.0214. The zero-order chi connectivity index (χ0) is 18.7. The van der Waals surface area contributed by atoms with Crippen LogP contribution in [-0.4, -0.2) is 63.6 Å². The van der Waals surface area contributed by atoms with Crippen LogP contribution in [0.3, 0.4) is 0 Å². The maximum absolute atomic E-state index is 12.6. The summed E-state index contributed by atoms with van der Waals surface area (Å²) in [6, 6.07) is 12.2. The molecule has 2 aromatic rings. The summed E-state index contributed by atoms with van der Waals surface area (Å²) in [7, 11) is 0. The zero-order valence-corrected chi connectivity index (χ0v) is 15.5. The number of aliphatic hydroxyl groups excluding tert-OH is 1. The summed E-state index contributed by atoms with van der Waals surface area (Å²) in [6.45, 7) is 4.48. The van der Waals surface area contributed by atoms with Crippen LogP contribution in [0.15, 0.2) is 48.9 Å². The number of rotatable bonds is 4. The zero-order valence-electron chi connectivity index (χ0n) is 15.5. The van der Waals surface area contributed by atoms with E-state index in [4.69, 9.17) is 0 Å². The van der Waals surface area contributed by atoms with Gasteiger partial charge >= 0.3 is 0 Å². The van der Waals surface area contributed by atoms with Crippen molar-refractivity contribution < 1.29 is 9.90 Å². The third-order valence-electron chi connectivity index (χ3n) is 6.20. The molecular formula is C21H26N4O2. The second-order valence-electron chi connectivity index (χ2n) is 7.78. The van der Waals surface area contributed by atoms with Gasteiger partial charge in [-0.2, -0.15) is 0 Å². The monoisotopic (exact) mass is 366 g/mol. The SMILES string of the molecule is O=C(c1ccncn1)N1CCC2(CC1)CN(Cc1ccccc1)CC2CO. The molecule has 3 heterocycles. The van der Waals surface area contributed by atoms with E-state index in [-0.39, 0.29) is 23.8 Å². The lowest BCUT2D eigenvalue weighted by atomic mass is 9.71. The predicted octanol–water partition coefficient (Wildman–Crippen LogP) is 1.82. The maximum atomic E-state index is 12.6. The van der Waals surface area contributed by atoms with E-state index < -0.39 is 0 Å². The second-order valence-corrected chi connectivity index (χ2v) is 7.78. The topological polar surface area (TPSA) is 69.6 Å². The molecule has 1 aromatic heterocycles. The molecule has 6 heteroatoms. The van der Waals surface area contributed by atoms with Gasteiger partial charge in [-0.1, -0.05) is 30.3 Å². The molecule has 2 aliphatic rings. The first-order valence-electron chi connectivity index (χ1n) is 9.63. The fourth-order valence-electron chi connectivity index (χ4n) is 4.66. The Morgan fingerprint density at radius 3 is 2.63 bits per heavy atom. The summed E-state index contributed by atoms with van der Waals surface area (Å²) in [5, 5.41) is 10.00. The standard InChI is InChI=1S/C21H26N4O2/c26-14-18-13-24(12-17-4-2-1-3-5-17)15-21(18)7-10-25(11-8-21)20(27)19-6-9-22-16-23-19/h1-6,9,16,18,26H,7-8,10-15H2. The van der Waals surface area contributed by atoms with Crippen LogP contribution >= 0.6 is 0 Å². The van der Waals surface area contributed by atoms with Crippen LogP contribution in [0.25, 0.3) is 0 Å². The molecular weight excluding hydrogens is 340 g/mol. The number of nitrogens with zero attached hydrogens (tertiary/aromatic N) is 4. The number of aromatic nitrogens is 2. The number of likely N-dealkylation sites (tertiary alicyclic amines) is 2. The van der Waals surface area contributed by atoms with Crippen molar-refractivity contribution in [1.82, 2.24) is 19.8 Å². The highest BCUT2D eigenvalue weighted by Crippen LogP contribution is 2.45. The van der Waals surface area contributed by atoms with Gasteiger partial charge in [0.25, 0.3) is 5.91 Å². The van der Waals surface area contributed by atoms with Crippen LogP contribution in [0, 0.1) is 11.3 Å². The molecule has 2 fully saturated rings. The number of carbonyl (C=O) groups excluding carboxylic acids is 1. The van der Waals surface area contributed by atoms with E-state index in [1.165, 1.54) is 11.9 Å². The van der Waals surface area contributed by atoms with Gasteiger partial charge in [-0.15, -0.1) is 0 Å². The summed E-state index contributed by atoms with van der Waals surface area (Å²) in [5.74, 6) is 0.254. The number of piperidine rings is 1. The molecule has 1 N–H and O–H groups in total. The number of aliphatic hydroxyl groups is 1. The Bertz CT molecular complexity index is 760. The Balaban J connectivity index is 1.41. The van der Waals surface area contributed by atoms with E-state index in [1.54, 1.807) is 12.3 Å². The minimum Gasteiger partial charge on any atom is -0.396 e. The average Bonchev–Trinajstić information content (AvgIpc) is 3.06. The first-order valence-corrected chi connectivity index (χ1v) is 9.63. The molecule has 1 spiro atoms. The minimum atomic E-state index is -0.0214. The first-order chi connectivity index (χ1) is 13.2. The summed E-state index contributed by atoms with van der Waals surface area (Å²) in [4.78, 5) is 24.9. The van der Waals surface area contributed by atoms with Crippen molar-refractivity contribution in [2.75, 3.05) is 32.8 Å². The van der Waals surface area contributed by atoms with Crippen LogP contribution < -0.4 is 0 Å². The molecule has 2 saturated heterocycles. The van der Waals surface area contributed by atoms with Crippen LogP contribution in [0.2, 0.25) is 0 Å². The van der Waals surface area contributed by atoms with Gasteiger partial charge in [0.2, 0.25) is 0 Å². The molecule has 27 heavy (non-hydrogen) atoms. The quantitative estimate of drug-likeness (QED) is 0.894. The molecule has 0 aliphatic carbocycles. The fraction of sp³-hybridized carbons (Fsp3) is 0.476. The van der Waals surface area contributed by atoms with E-state index >= 15 is 0 Å². The Morgan fingerprint density at radius 1 is 1.19 bits per heavy atom. The molecule has 6 nitrogen and oxygen atoms in total. The second kappa shape index (κ2) is 7.74. The van der Waals surface area contributed by atoms with E-state index in [0.717, 1.165) is 45.6 Å². The summed E-state index contributed by atoms with van der Waals surface area (Å²) < 4.78 is 0. The van der Waals surface area contributed by atoms with Gasteiger partial charge in [-0.25, -0.2) is 9.97 Å². The molecule has 2 aliphatic heterocycles. The van der Waals surface area contributed by atoms with E-state index in [9.17, 15) is 9.90 Å². The Kier molecular flexibility index (Phi) is 5.18. The van der Waals surface area contributed by atoms with Crippen LogP contribution in [0.1, 0.15) is 28.9 Å². The highest BCUT2D eigenvalue weighted by atomic mass is 16.3. The van der Waals surface area contributed by atoms with E-state index in [1.807, 2.05) is 11.0 Å². The highest BCUT2D eigenvalue weighted by Gasteiger charge is 2.48. The molecule has 1 atom stereocenters. The number of carbonyl (C=O) groups is 1. The van der Waals surface area contributed by atoms with Crippen molar-refractivity contribution in [3.8, 4) is 0 Å². The predicted molar refractivity (Wildman–Crippen MR) is 102 cm³/mol. The molecule has 0 bridgehead atoms. The first kappa shape index (κ1) is 18.1. The molecule has 0 radical (unpaired) electrons. The smallest absolute Gasteiger partial charge is 0.272 e. The van der Waals surface area contributed by atoms with Crippen LogP contribution in [-0.2, 0) is 6.54 Å². The average molecular weight is 366 g/mol. The Morgan fingerprint density at radius 2 is 1.96 bits per heavy atom. The summed E-state index contributed by atoms with van der Waals surface area (Å²) >= 11 is 0. The van der Waals surface area contributed by atoms with Crippen LogP contribution in [0.4, 0.5) is 0 Å². The Labute approximate surface area is 159 Å². The lowest BCUT2D eigenvalue weighted by Crippen LogP contribution is -2.47. The van der Waals surface area contributed by atoms with Crippen molar-refractivity contribution in [3.05, 3.63) is 60.2 Å². The van der Waals surface area contributed by atoms with Gasteiger partial charge in [-0.05, 0) is 29.9 Å². The van der Waals surface area contributed by atoms with Crippen molar-refractivity contribution in [2.24, 2.45) is 11.3 Å². The molecule has 0 saturated carbocycles. The van der Waals surface area contributed by atoms with E-state index in [2.05, 4.69) is 39.1 Å². The third-order valence-corrected chi connectivity index (χ3v) is 6.20. The fourth-order valence-corrected chi connectivity index (χ4v) is 4.66. The lowest BCUT2D eigenvalue weighted by molar-refractivity contribution is 0.0397. The normalized spacial score (nSPS) is 22.3. The highest BCUT2D eigenvalue weighted by molar-refractivity contribution is 5.92. The molecule has 1 amide bonds. The van der Waals surface area contributed by atoms with Crippen molar-refractivity contribution in [1.29, 1.82) is 0 Å². The van der Waals surface area contributed by atoms with Gasteiger partial charge in [0.1, 0.15) is 12.0 Å². The lowest BCUT2D eigenvalue weighted by Gasteiger charge is -2.42. The van der Waals surface area contributed by atoms with Gasteiger partial charge < -0.3 is 10.0 Å². The Hall–Kier alpha value is -2.31. The van der Waals surface area contributed by atoms with Gasteiger partial charge in [0.05, 0.1) is 0 Å². The largest absolute Gasteiger partial charge is 0.396 e. The number of hydrogen-bond donors (Lipinski definition) is 1. The molecule has 1 aromatic carbocycles. The van der Waals surface area contributed by atoms with Gasteiger partial charge in [0, 0.05) is 51.4 Å². The number of benzene rings is 1. The van der Waals surface area contributed by atoms with Crippen molar-refractivity contribution in [3.63, 3.8) is 0 Å². The van der Waals surface area contributed by atoms with Crippen LogP contribution in [0.5, 0.6) is 0 Å². The van der Waals surface area contributed by atoms with Gasteiger partial charge in [-0.3, -0.25) is 9.69 Å².